The van der Waals surface area contributed by atoms with Gasteiger partial charge in [0.1, 0.15) is 0 Å². The van der Waals surface area contributed by atoms with E-state index in [-0.39, 0.29) is 0 Å². The van der Waals surface area contributed by atoms with Gasteiger partial charge in [-0.2, -0.15) is 5.26 Å². The first-order valence-corrected chi connectivity index (χ1v) is 15.9. The minimum atomic E-state index is 0.454. The molecule has 1 heteroatoms. The summed E-state index contributed by atoms with van der Waals surface area (Å²) in [6.07, 6.45) is 10.6. The van der Waals surface area contributed by atoms with Gasteiger partial charge in [0.2, 0.25) is 0 Å². The molecule has 5 aromatic rings. The molecule has 222 valence electrons. The quantitative estimate of drug-likeness (QED) is 0.150. The standard InChI is InChI=1S/C44H41N/c1-5-15-35(7-3)41-28-42(36-16-10-8-11-17-36)30-43(29-41)39-21-14-20-38(27-39)40-25-33(24-34(26-40)31-45)22-23-44(32(4)6-2)37-18-12-9-13-19-37/h5,7-21,23-30,32H,6,22H2,1-4H3/b15-5-,35-7+,44-23+. The molecule has 1 unspecified atom stereocenters. The highest BCUT2D eigenvalue weighted by Crippen LogP contribution is 2.34. The van der Waals surface area contributed by atoms with Gasteiger partial charge in [0.25, 0.3) is 0 Å². The van der Waals surface area contributed by atoms with Crippen molar-refractivity contribution in [3.05, 3.63) is 168 Å². The molecule has 0 bridgehead atoms. The van der Waals surface area contributed by atoms with Crippen molar-refractivity contribution in [2.75, 3.05) is 0 Å². The molecule has 0 saturated carbocycles. The van der Waals surface area contributed by atoms with Crippen LogP contribution in [0.4, 0.5) is 0 Å². The maximum atomic E-state index is 9.96. The molecule has 1 nitrogen and oxygen atoms in total. The van der Waals surface area contributed by atoms with E-state index in [0.717, 1.165) is 40.7 Å². The van der Waals surface area contributed by atoms with E-state index in [0.29, 0.717) is 11.5 Å². The number of allylic oxidation sites excluding steroid dienone is 6. The zero-order valence-corrected chi connectivity index (χ0v) is 26.8. The van der Waals surface area contributed by atoms with E-state index in [4.69, 9.17) is 0 Å². The molecule has 0 heterocycles. The first-order valence-electron chi connectivity index (χ1n) is 15.9. The van der Waals surface area contributed by atoms with Crippen molar-refractivity contribution in [2.24, 2.45) is 5.92 Å². The Morgan fingerprint density at radius 1 is 0.667 bits per heavy atom. The minimum Gasteiger partial charge on any atom is -0.192 e. The predicted octanol–water partition coefficient (Wildman–Crippen LogP) is 12.2. The molecule has 0 aliphatic heterocycles. The van der Waals surface area contributed by atoms with Gasteiger partial charge in [-0.05, 0) is 130 Å². The van der Waals surface area contributed by atoms with Crippen LogP contribution in [0.15, 0.2) is 146 Å². The predicted molar refractivity (Wildman–Crippen MR) is 194 cm³/mol. The number of benzene rings is 5. The van der Waals surface area contributed by atoms with Crippen LogP contribution in [0.25, 0.3) is 44.5 Å². The van der Waals surface area contributed by atoms with Crippen molar-refractivity contribution in [1.29, 1.82) is 5.26 Å². The zero-order chi connectivity index (χ0) is 31.6. The van der Waals surface area contributed by atoms with Crippen LogP contribution in [0.3, 0.4) is 0 Å². The average molecular weight is 584 g/mol. The molecule has 0 N–H and O–H groups in total. The molecule has 5 aromatic carbocycles. The van der Waals surface area contributed by atoms with Gasteiger partial charge in [-0.3, -0.25) is 0 Å². The van der Waals surface area contributed by atoms with Crippen LogP contribution in [0.2, 0.25) is 0 Å². The van der Waals surface area contributed by atoms with E-state index in [2.05, 4.69) is 167 Å². The van der Waals surface area contributed by atoms with Crippen molar-refractivity contribution in [3.63, 3.8) is 0 Å². The van der Waals surface area contributed by atoms with Crippen molar-refractivity contribution >= 4 is 11.1 Å². The number of rotatable bonds is 10. The largest absolute Gasteiger partial charge is 0.192 e. The summed E-state index contributed by atoms with van der Waals surface area (Å²) in [4.78, 5) is 0. The van der Waals surface area contributed by atoms with Crippen LogP contribution >= 0.6 is 0 Å². The summed E-state index contributed by atoms with van der Waals surface area (Å²) in [6.45, 7) is 8.67. The molecule has 0 aliphatic rings. The topological polar surface area (TPSA) is 23.8 Å². The molecule has 0 fully saturated rings. The molecule has 5 rings (SSSR count). The molecule has 0 aliphatic carbocycles. The monoisotopic (exact) mass is 583 g/mol. The van der Waals surface area contributed by atoms with Crippen LogP contribution in [0.1, 0.15) is 56.4 Å². The summed E-state index contributed by atoms with van der Waals surface area (Å²) in [5.74, 6) is 0.454. The molecule has 0 aromatic heterocycles. The lowest BCUT2D eigenvalue weighted by molar-refractivity contribution is 0.716. The number of hydrogen-bond acceptors (Lipinski definition) is 1. The van der Waals surface area contributed by atoms with Gasteiger partial charge in [0.05, 0.1) is 11.6 Å². The molecule has 1 atom stereocenters. The highest BCUT2D eigenvalue weighted by molar-refractivity contribution is 5.84. The third-order valence-corrected chi connectivity index (χ3v) is 8.49. The third-order valence-electron chi connectivity index (χ3n) is 8.49. The highest BCUT2D eigenvalue weighted by atomic mass is 14.2. The maximum Gasteiger partial charge on any atom is 0.0991 e. The lowest BCUT2D eigenvalue weighted by Crippen LogP contribution is -1.98. The van der Waals surface area contributed by atoms with E-state index in [1.54, 1.807) is 0 Å². The Hall–Kier alpha value is -5.19. The summed E-state index contributed by atoms with van der Waals surface area (Å²) in [5.41, 5.74) is 13.7. The molecular weight excluding hydrogens is 542 g/mol. The summed E-state index contributed by atoms with van der Waals surface area (Å²) in [5, 5.41) is 9.96. The summed E-state index contributed by atoms with van der Waals surface area (Å²) < 4.78 is 0. The van der Waals surface area contributed by atoms with E-state index < -0.39 is 0 Å². The molecule has 0 spiro atoms. The summed E-state index contributed by atoms with van der Waals surface area (Å²) in [7, 11) is 0. The minimum absolute atomic E-state index is 0.454. The van der Waals surface area contributed by atoms with Gasteiger partial charge in [0, 0.05) is 0 Å². The number of hydrogen-bond donors (Lipinski definition) is 0. The fourth-order valence-corrected chi connectivity index (χ4v) is 5.90. The van der Waals surface area contributed by atoms with E-state index in [1.165, 1.54) is 33.4 Å². The second kappa shape index (κ2) is 15.0. The second-order valence-electron chi connectivity index (χ2n) is 11.6. The Morgan fingerprint density at radius 2 is 1.27 bits per heavy atom. The van der Waals surface area contributed by atoms with Gasteiger partial charge in [-0.15, -0.1) is 0 Å². The lowest BCUT2D eigenvalue weighted by atomic mass is 9.89. The first-order chi connectivity index (χ1) is 22.0. The molecule has 0 radical (unpaired) electrons. The maximum absolute atomic E-state index is 9.96. The molecule has 0 amide bonds. The Bertz CT molecular complexity index is 1880. The highest BCUT2D eigenvalue weighted by Gasteiger charge is 2.12. The summed E-state index contributed by atoms with van der Waals surface area (Å²) >= 11 is 0. The molecular formula is C44H41N. The fraction of sp³-hybridized carbons (Fsp3) is 0.159. The van der Waals surface area contributed by atoms with Crippen LogP contribution in [0.5, 0.6) is 0 Å². The van der Waals surface area contributed by atoms with Crippen molar-refractivity contribution < 1.29 is 0 Å². The SMILES string of the molecule is C/C=C\C(=C/C)c1cc(-c2ccccc2)cc(-c2cccc(-c3cc(C#N)cc(C/C=C(/c4ccccc4)C(C)CC)c3)c2)c1. The first kappa shape index (κ1) is 31.2. The normalized spacial score (nSPS) is 12.7. The van der Waals surface area contributed by atoms with E-state index in [9.17, 15) is 5.26 Å². The summed E-state index contributed by atoms with van der Waals surface area (Å²) in [6, 6.07) is 45.4. The molecule has 0 saturated heterocycles. The van der Waals surface area contributed by atoms with Crippen LogP contribution in [-0.4, -0.2) is 0 Å². The van der Waals surface area contributed by atoms with Crippen LogP contribution in [-0.2, 0) is 6.42 Å². The van der Waals surface area contributed by atoms with Crippen LogP contribution in [0, 0.1) is 17.2 Å². The lowest BCUT2D eigenvalue weighted by Gasteiger charge is -2.15. The van der Waals surface area contributed by atoms with Gasteiger partial charge >= 0.3 is 0 Å². The van der Waals surface area contributed by atoms with Gasteiger partial charge < -0.3 is 0 Å². The van der Waals surface area contributed by atoms with Gasteiger partial charge in [0.15, 0.2) is 0 Å². The Balaban J connectivity index is 1.56. The van der Waals surface area contributed by atoms with Gasteiger partial charge in [-0.1, -0.05) is 123 Å². The number of nitriles is 1. The van der Waals surface area contributed by atoms with Gasteiger partial charge in [-0.25, -0.2) is 0 Å². The second-order valence-corrected chi connectivity index (χ2v) is 11.6. The van der Waals surface area contributed by atoms with E-state index in [1.807, 2.05) is 12.1 Å². The van der Waals surface area contributed by atoms with Crippen molar-refractivity contribution in [1.82, 2.24) is 0 Å². The van der Waals surface area contributed by atoms with Crippen molar-refractivity contribution in [2.45, 2.75) is 40.5 Å². The Kier molecular flexibility index (Phi) is 10.4. The smallest absolute Gasteiger partial charge is 0.0991 e. The molecule has 45 heavy (non-hydrogen) atoms. The zero-order valence-electron chi connectivity index (χ0n) is 26.8. The fourth-order valence-electron chi connectivity index (χ4n) is 5.90. The number of nitrogens with zero attached hydrogens (tertiary/aromatic N) is 1. The van der Waals surface area contributed by atoms with E-state index >= 15 is 0 Å². The Morgan fingerprint density at radius 3 is 1.89 bits per heavy atom. The Labute approximate surface area is 269 Å². The third kappa shape index (κ3) is 7.67. The average Bonchev–Trinajstić information content (AvgIpc) is 3.11. The van der Waals surface area contributed by atoms with Crippen LogP contribution < -0.4 is 0 Å². The van der Waals surface area contributed by atoms with Crippen molar-refractivity contribution in [3.8, 4) is 39.4 Å².